The summed E-state index contributed by atoms with van der Waals surface area (Å²) >= 11 is 0. The molecule has 1 atom stereocenters. The number of nitrogens with one attached hydrogen (secondary N) is 1. The van der Waals surface area contributed by atoms with Gasteiger partial charge in [0.25, 0.3) is 5.91 Å². The van der Waals surface area contributed by atoms with E-state index in [4.69, 9.17) is 29.6 Å². The second-order valence-corrected chi connectivity index (χ2v) is 11.6. The Kier molecular flexibility index (Phi) is 70.5. The Morgan fingerprint density at radius 3 is 1.64 bits per heavy atom. The maximum atomic E-state index is 11.7. The molecule has 1 fully saturated rings. The molecule has 0 aliphatic heterocycles. The van der Waals surface area contributed by atoms with E-state index in [9.17, 15) is 14.4 Å². The number of rotatable bonds is 15. The van der Waals surface area contributed by atoms with Gasteiger partial charge in [0.2, 0.25) is 25.1 Å². The lowest BCUT2D eigenvalue weighted by atomic mass is 9.88. The molecule has 15 heteroatoms. The standard InChI is InChI=1S/C24H37N3O4.C7H14.C3H8.C2H6.3CH3NO.CH5N.CH2O/c1-4-23(29)27(19(2)28)17-8-6-5-7-10-21(11-9-16-26-3)22-14-12-20(13-15-22)18-31-24(25)30;1-7-5-3-2-4-6-7;1-3-2;1-2;3*2-1-3;2*1-2/h4,12-15,21,26H,1,5-11,16-18H2,2-3H3,(H2,25,30);7H,2-6H2,1H3;3H2,1-2H3;1-2H3;3*1H,(H2,2,3);2H2,1H3;1H2. The Morgan fingerprint density at radius 1 is 0.857 bits per heavy atom. The van der Waals surface area contributed by atoms with Crippen molar-refractivity contribution in [1.29, 1.82) is 0 Å². The second-order valence-electron chi connectivity index (χ2n) is 11.6. The van der Waals surface area contributed by atoms with Crippen LogP contribution in [0.15, 0.2) is 36.9 Å². The Morgan fingerprint density at radius 2 is 1.29 bits per heavy atom. The smallest absolute Gasteiger partial charge is 0.404 e. The highest BCUT2D eigenvalue weighted by molar-refractivity contribution is 5.99. The van der Waals surface area contributed by atoms with Crippen molar-refractivity contribution in [2.24, 2.45) is 34.6 Å². The molecular weight excluding hydrogens is 718 g/mol. The molecule has 1 unspecified atom stereocenters. The maximum absolute atomic E-state index is 11.7. The largest absolute Gasteiger partial charge is 0.445 e. The molecule has 1 aliphatic carbocycles. The number of ether oxygens (including phenoxy) is 1. The molecule has 56 heavy (non-hydrogen) atoms. The first-order valence-corrected chi connectivity index (χ1v) is 19.4. The molecule has 328 valence electrons. The van der Waals surface area contributed by atoms with Gasteiger partial charge in [-0.15, -0.1) is 0 Å². The molecule has 0 bridgehead atoms. The summed E-state index contributed by atoms with van der Waals surface area (Å²) in [5.74, 6) is 0.935. The van der Waals surface area contributed by atoms with Crippen LogP contribution in [0.1, 0.15) is 142 Å². The summed E-state index contributed by atoms with van der Waals surface area (Å²) in [6, 6.07) is 8.18. The molecule has 6 amide bonds. The number of imide groups is 1. The molecule has 0 aromatic heterocycles. The molecule has 11 N–H and O–H groups in total. The summed E-state index contributed by atoms with van der Waals surface area (Å²) in [5.41, 5.74) is 24.2. The van der Waals surface area contributed by atoms with Gasteiger partial charge in [-0.1, -0.05) is 123 Å². The molecule has 0 heterocycles. The summed E-state index contributed by atoms with van der Waals surface area (Å²) in [6.07, 6.45) is 17.1. The van der Waals surface area contributed by atoms with Crippen molar-refractivity contribution in [3.63, 3.8) is 0 Å². The fraction of sp³-hybridized carbons (Fsp3) is 0.634. The third kappa shape index (κ3) is 53.7. The van der Waals surface area contributed by atoms with E-state index in [1.807, 2.05) is 39.8 Å². The SMILES string of the molecule is C=CC(=O)N(CCCCCCC(CCCNC)c1ccc(COC(N)=O)cc1)C(C)=O.C=O.CC.CC1CCCCC1.CCC.CN.NC=O.NC=O.NC=O. The predicted octanol–water partition coefficient (Wildman–Crippen LogP) is 5.60. The fourth-order valence-corrected chi connectivity index (χ4v) is 4.90. The summed E-state index contributed by atoms with van der Waals surface area (Å²) in [7, 11) is 3.46. The van der Waals surface area contributed by atoms with E-state index >= 15 is 0 Å². The Balaban J connectivity index is -0.000000156. The average molecular weight is 800 g/mol. The zero-order chi connectivity index (χ0) is 45.0. The Hall–Kier alpha value is -4.63. The summed E-state index contributed by atoms with van der Waals surface area (Å²) in [6.45, 7) is 19.1. The molecule has 1 aliphatic rings. The molecular formula is C41H81N7O8. The quantitative estimate of drug-likeness (QED) is 0.0726. The fourth-order valence-electron chi connectivity index (χ4n) is 4.90. The van der Waals surface area contributed by atoms with Gasteiger partial charge in [-0.25, -0.2) is 4.79 Å². The highest BCUT2D eigenvalue weighted by Gasteiger charge is 2.15. The topological polar surface area (TPSA) is 274 Å². The average Bonchev–Trinajstić information content (AvgIpc) is 3.20. The number of hydrogen-bond donors (Lipinski definition) is 6. The lowest BCUT2D eigenvalue weighted by molar-refractivity contribution is -0.140. The highest BCUT2D eigenvalue weighted by Crippen LogP contribution is 2.28. The number of hydrogen-bond acceptors (Lipinski definition) is 10. The number of nitrogens with two attached hydrogens (primary N) is 5. The maximum Gasteiger partial charge on any atom is 0.404 e. The Labute approximate surface area is 339 Å². The lowest BCUT2D eigenvalue weighted by Crippen LogP contribution is -2.34. The lowest BCUT2D eigenvalue weighted by Gasteiger charge is -2.19. The predicted molar refractivity (Wildman–Crippen MR) is 230 cm³/mol. The normalized spacial score (nSPS) is 10.8. The van der Waals surface area contributed by atoms with Gasteiger partial charge in [-0.3, -0.25) is 28.9 Å². The van der Waals surface area contributed by atoms with Crippen molar-refractivity contribution in [3.05, 3.63) is 48.0 Å². The van der Waals surface area contributed by atoms with Crippen LogP contribution in [0.2, 0.25) is 0 Å². The number of benzene rings is 1. The number of amides is 6. The zero-order valence-corrected chi connectivity index (χ0v) is 36.1. The van der Waals surface area contributed by atoms with Crippen LogP contribution in [-0.2, 0) is 40.1 Å². The van der Waals surface area contributed by atoms with Crippen molar-refractivity contribution < 1.29 is 38.3 Å². The van der Waals surface area contributed by atoms with Gasteiger partial charge < -0.3 is 43.5 Å². The van der Waals surface area contributed by atoms with Crippen molar-refractivity contribution in [2.75, 3.05) is 27.2 Å². The molecule has 1 saturated carbocycles. The number of carbonyl (C=O) groups is 7. The van der Waals surface area contributed by atoms with E-state index in [2.05, 4.69) is 67.7 Å². The third-order valence-corrected chi connectivity index (χ3v) is 7.21. The number of primary amides is 4. The summed E-state index contributed by atoms with van der Waals surface area (Å²) in [5, 5.41) is 3.20. The highest BCUT2D eigenvalue weighted by atomic mass is 16.5. The molecule has 1 aromatic rings. The van der Waals surface area contributed by atoms with Crippen molar-refractivity contribution >= 4 is 43.9 Å². The molecule has 2 rings (SSSR count). The van der Waals surface area contributed by atoms with Crippen LogP contribution in [0, 0.1) is 5.92 Å². The van der Waals surface area contributed by atoms with E-state index in [1.54, 1.807) is 0 Å². The van der Waals surface area contributed by atoms with Gasteiger partial charge in [0, 0.05) is 13.5 Å². The van der Waals surface area contributed by atoms with Crippen LogP contribution in [0.3, 0.4) is 0 Å². The van der Waals surface area contributed by atoms with Crippen LogP contribution < -0.4 is 34.0 Å². The first-order chi connectivity index (χ1) is 26.9. The van der Waals surface area contributed by atoms with E-state index in [1.165, 1.54) is 69.0 Å². The van der Waals surface area contributed by atoms with Crippen LogP contribution in [0.25, 0.3) is 0 Å². The van der Waals surface area contributed by atoms with Gasteiger partial charge in [0.15, 0.2) is 0 Å². The second kappa shape index (κ2) is 59.6. The van der Waals surface area contributed by atoms with Crippen LogP contribution >= 0.6 is 0 Å². The molecule has 0 spiro atoms. The Bertz CT molecular complexity index is 996. The van der Waals surface area contributed by atoms with Gasteiger partial charge in [0.1, 0.15) is 13.4 Å². The van der Waals surface area contributed by atoms with Crippen LogP contribution in [0.4, 0.5) is 4.79 Å². The van der Waals surface area contributed by atoms with Crippen molar-refractivity contribution in [3.8, 4) is 0 Å². The van der Waals surface area contributed by atoms with Gasteiger partial charge in [-0.05, 0) is 75.4 Å². The van der Waals surface area contributed by atoms with Crippen molar-refractivity contribution in [2.45, 2.75) is 138 Å². The van der Waals surface area contributed by atoms with E-state index < -0.39 is 6.09 Å². The minimum absolute atomic E-state index is 0.186. The van der Waals surface area contributed by atoms with E-state index in [0.717, 1.165) is 63.0 Å². The van der Waals surface area contributed by atoms with Crippen molar-refractivity contribution in [1.82, 2.24) is 10.2 Å². The number of unbranched alkanes of at least 4 members (excludes halogenated alkanes) is 3. The first kappa shape index (κ1) is 66.2. The van der Waals surface area contributed by atoms with Gasteiger partial charge in [0.05, 0.1) is 0 Å². The van der Waals surface area contributed by atoms with Crippen LogP contribution in [0.5, 0.6) is 0 Å². The third-order valence-electron chi connectivity index (χ3n) is 7.21. The molecule has 15 nitrogen and oxygen atoms in total. The van der Waals surface area contributed by atoms with Crippen LogP contribution in [-0.4, -0.2) is 76.0 Å². The molecule has 0 radical (unpaired) electrons. The summed E-state index contributed by atoms with van der Waals surface area (Å²) < 4.78 is 4.84. The number of nitrogens with zero attached hydrogens (tertiary/aromatic N) is 1. The van der Waals surface area contributed by atoms with E-state index in [0.29, 0.717) is 12.5 Å². The molecule has 0 saturated heterocycles. The number of carbonyl (C=O) groups excluding carboxylic acids is 7. The monoisotopic (exact) mass is 800 g/mol. The zero-order valence-electron chi connectivity index (χ0n) is 36.1. The first-order valence-electron chi connectivity index (χ1n) is 19.4. The molecule has 1 aromatic carbocycles. The summed E-state index contributed by atoms with van der Waals surface area (Å²) in [4.78, 5) is 69.0. The minimum atomic E-state index is -0.769. The van der Waals surface area contributed by atoms with Gasteiger partial charge in [-0.2, -0.15) is 0 Å². The van der Waals surface area contributed by atoms with E-state index in [-0.39, 0.29) is 37.7 Å². The van der Waals surface area contributed by atoms with Gasteiger partial charge >= 0.3 is 6.09 Å². The minimum Gasteiger partial charge on any atom is -0.445 e.